The first-order chi connectivity index (χ1) is 12.7. The van der Waals surface area contributed by atoms with Crippen LogP contribution in [0.4, 0.5) is 11.4 Å². The van der Waals surface area contributed by atoms with Gasteiger partial charge in [0.2, 0.25) is 11.8 Å². The van der Waals surface area contributed by atoms with Crippen molar-refractivity contribution >= 4 is 34.1 Å². The molecule has 0 aliphatic heterocycles. The molecule has 0 radical (unpaired) electrons. The van der Waals surface area contributed by atoms with E-state index in [1.165, 1.54) is 0 Å². The number of nitrogens with one attached hydrogen (secondary N) is 2. The number of para-hydroxylation sites is 1. The second kappa shape index (κ2) is 6.96. The fourth-order valence-electron chi connectivity index (χ4n) is 2.91. The number of rotatable bonds is 5. The van der Waals surface area contributed by atoms with Crippen LogP contribution in [0.5, 0.6) is 0 Å². The van der Waals surface area contributed by atoms with Crippen LogP contribution in [0.3, 0.4) is 0 Å². The van der Waals surface area contributed by atoms with Crippen LogP contribution in [0.2, 0.25) is 0 Å². The van der Waals surface area contributed by atoms with Gasteiger partial charge in [0.15, 0.2) is 0 Å². The molecule has 26 heavy (non-hydrogen) atoms. The van der Waals surface area contributed by atoms with Gasteiger partial charge in [-0.1, -0.05) is 24.3 Å². The molecule has 2 amide bonds. The zero-order valence-electron chi connectivity index (χ0n) is 14.2. The van der Waals surface area contributed by atoms with Crippen LogP contribution in [0.25, 0.3) is 10.9 Å². The summed E-state index contributed by atoms with van der Waals surface area (Å²) in [5, 5.41) is 6.80. The second-order valence-corrected chi connectivity index (χ2v) is 6.56. The summed E-state index contributed by atoms with van der Waals surface area (Å²) in [6.45, 7) is 0. The second-order valence-electron chi connectivity index (χ2n) is 6.56. The van der Waals surface area contributed by atoms with Gasteiger partial charge in [0, 0.05) is 28.9 Å². The third-order valence-corrected chi connectivity index (χ3v) is 4.45. The highest BCUT2D eigenvalue weighted by molar-refractivity contribution is 5.96. The zero-order valence-corrected chi connectivity index (χ0v) is 14.2. The van der Waals surface area contributed by atoms with E-state index in [0.29, 0.717) is 5.69 Å². The van der Waals surface area contributed by atoms with E-state index in [9.17, 15) is 9.59 Å². The molecular weight excluding hydrogens is 326 g/mol. The van der Waals surface area contributed by atoms with E-state index in [1.54, 1.807) is 30.5 Å². The predicted molar refractivity (Wildman–Crippen MR) is 102 cm³/mol. The number of hydrogen-bond acceptors (Lipinski definition) is 3. The van der Waals surface area contributed by atoms with Gasteiger partial charge in [-0.3, -0.25) is 14.6 Å². The molecule has 1 aliphatic rings. The number of benzene rings is 2. The van der Waals surface area contributed by atoms with Crippen molar-refractivity contribution < 1.29 is 9.59 Å². The smallest absolute Gasteiger partial charge is 0.228 e. The van der Waals surface area contributed by atoms with Crippen molar-refractivity contribution in [1.82, 2.24) is 4.98 Å². The molecule has 130 valence electrons. The summed E-state index contributed by atoms with van der Waals surface area (Å²) >= 11 is 0. The van der Waals surface area contributed by atoms with Crippen molar-refractivity contribution in [1.29, 1.82) is 0 Å². The minimum absolute atomic E-state index is 0.0743. The number of anilines is 2. The first kappa shape index (κ1) is 16.3. The Hall–Kier alpha value is -3.21. The van der Waals surface area contributed by atoms with E-state index in [0.717, 1.165) is 35.0 Å². The van der Waals surface area contributed by atoms with Crippen LogP contribution in [-0.2, 0) is 16.0 Å². The zero-order chi connectivity index (χ0) is 17.9. The van der Waals surface area contributed by atoms with Gasteiger partial charge in [0.1, 0.15) is 0 Å². The quantitative estimate of drug-likeness (QED) is 0.739. The number of amides is 2. The summed E-state index contributed by atoms with van der Waals surface area (Å²) in [6, 6.07) is 16.9. The molecule has 3 aromatic rings. The lowest BCUT2D eigenvalue weighted by Gasteiger charge is -2.09. The molecule has 2 N–H and O–H groups in total. The molecule has 1 fully saturated rings. The van der Waals surface area contributed by atoms with Crippen LogP contribution in [-0.4, -0.2) is 16.8 Å². The van der Waals surface area contributed by atoms with Crippen molar-refractivity contribution in [3.05, 3.63) is 66.4 Å². The van der Waals surface area contributed by atoms with Crippen molar-refractivity contribution in [3.63, 3.8) is 0 Å². The molecule has 0 atom stereocenters. The molecule has 0 unspecified atom stereocenters. The molecular formula is C21H19N3O2. The number of carbonyl (C=O) groups is 2. The van der Waals surface area contributed by atoms with E-state index in [1.807, 2.05) is 30.3 Å². The topological polar surface area (TPSA) is 71.1 Å². The Morgan fingerprint density at radius 3 is 2.35 bits per heavy atom. The normalized spacial score (nSPS) is 13.4. The maximum atomic E-state index is 12.4. The molecule has 0 bridgehead atoms. The largest absolute Gasteiger partial charge is 0.326 e. The van der Waals surface area contributed by atoms with Gasteiger partial charge in [0.25, 0.3) is 0 Å². The minimum atomic E-state index is -0.0991. The van der Waals surface area contributed by atoms with E-state index >= 15 is 0 Å². The first-order valence-corrected chi connectivity index (χ1v) is 8.72. The lowest BCUT2D eigenvalue weighted by atomic mass is 10.1. The van der Waals surface area contributed by atoms with Crippen molar-refractivity contribution in [2.45, 2.75) is 19.3 Å². The lowest BCUT2D eigenvalue weighted by molar-refractivity contribution is -0.117. The molecule has 1 aliphatic carbocycles. The van der Waals surface area contributed by atoms with Crippen LogP contribution >= 0.6 is 0 Å². The molecule has 0 saturated heterocycles. The highest BCUT2D eigenvalue weighted by Crippen LogP contribution is 2.30. The summed E-state index contributed by atoms with van der Waals surface area (Å²) in [5.74, 6) is 0.145. The van der Waals surface area contributed by atoms with Gasteiger partial charge in [-0.05, 0) is 48.7 Å². The Kier molecular flexibility index (Phi) is 4.35. The molecule has 4 rings (SSSR count). The van der Waals surface area contributed by atoms with Gasteiger partial charge < -0.3 is 10.6 Å². The van der Waals surface area contributed by atoms with Gasteiger partial charge in [-0.25, -0.2) is 0 Å². The predicted octanol–water partition coefficient (Wildman–Crippen LogP) is 3.76. The van der Waals surface area contributed by atoms with Crippen LogP contribution in [0.15, 0.2) is 60.8 Å². The fraction of sp³-hybridized carbons (Fsp3) is 0.190. The van der Waals surface area contributed by atoms with E-state index in [-0.39, 0.29) is 24.2 Å². The Morgan fingerprint density at radius 2 is 1.62 bits per heavy atom. The summed E-state index contributed by atoms with van der Waals surface area (Å²) < 4.78 is 0. The van der Waals surface area contributed by atoms with Crippen LogP contribution < -0.4 is 10.6 Å². The summed E-state index contributed by atoms with van der Waals surface area (Å²) in [6.07, 6.45) is 3.94. The van der Waals surface area contributed by atoms with Gasteiger partial charge in [-0.15, -0.1) is 0 Å². The summed E-state index contributed by atoms with van der Waals surface area (Å²) in [5.41, 5.74) is 3.20. The molecule has 0 spiro atoms. The molecule has 5 heteroatoms. The SMILES string of the molecule is O=C(Cc1cccc2cccnc12)Nc1ccc(NC(=O)C2CC2)cc1. The van der Waals surface area contributed by atoms with Gasteiger partial charge in [-0.2, -0.15) is 0 Å². The number of pyridine rings is 1. The highest BCUT2D eigenvalue weighted by atomic mass is 16.2. The van der Waals surface area contributed by atoms with E-state index < -0.39 is 0 Å². The molecule has 1 heterocycles. The number of nitrogens with zero attached hydrogens (tertiary/aromatic N) is 1. The summed E-state index contributed by atoms with van der Waals surface area (Å²) in [7, 11) is 0. The van der Waals surface area contributed by atoms with Gasteiger partial charge >= 0.3 is 0 Å². The average molecular weight is 345 g/mol. The Bertz CT molecular complexity index is 957. The van der Waals surface area contributed by atoms with Crippen LogP contribution in [0, 0.1) is 5.92 Å². The molecule has 1 aromatic heterocycles. The fourth-order valence-corrected chi connectivity index (χ4v) is 2.91. The van der Waals surface area contributed by atoms with Crippen molar-refractivity contribution in [3.8, 4) is 0 Å². The Labute approximate surface area is 151 Å². The maximum Gasteiger partial charge on any atom is 0.228 e. The first-order valence-electron chi connectivity index (χ1n) is 8.72. The molecule has 2 aromatic carbocycles. The number of aromatic nitrogens is 1. The number of fused-ring (bicyclic) bond motifs is 1. The monoisotopic (exact) mass is 345 g/mol. The minimum Gasteiger partial charge on any atom is -0.326 e. The Balaban J connectivity index is 1.40. The molecule has 5 nitrogen and oxygen atoms in total. The molecule has 1 saturated carbocycles. The highest BCUT2D eigenvalue weighted by Gasteiger charge is 2.29. The third-order valence-electron chi connectivity index (χ3n) is 4.45. The number of hydrogen-bond donors (Lipinski definition) is 2. The standard InChI is InChI=1S/C21H19N3O2/c25-19(13-16-4-1-3-14-5-2-12-22-20(14)16)23-17-8-10-18(11-9-17)24-21(26)15-6-7-15/h1-5,8-12,15H,6-7,13H2,(H,23,25)(H,24,26). The van der Waals surface area contributed by atoms with Crippen molar-refractivity contribution in [2.75, 3.05) is 10.6 Å². The Morgan fingerprint density at radius 1 is 0.923 bits per heavy atom. The average Bonchev–Trinajstić information content (AvgIpc) is 3.49. The third kappa shape index (κ3) is 3.72. The number of carbonyl (C=O) groups excluding carboxylic acids is 2. The van der Waals surface area contributed by atoms with Gasteiger partial charge in [0.05, 0.1) is 11.9 Å². The summed E-state index contributed by atoms with van der Waals surface area (Å²) in [4.78, 5) is 28.5. The maximum absolute atomic E-state index is 12.4. The van der Waals surface area contributed by atoms with Crippen LogP contribution in [0.1, 0.15) is 18.4 Å². The van der Waals surface area contributed by atoms with E-state index in [2.05, 4.69) is 15.6 Å². The van der Waals surface area contributed by atoms with Crippen molar-refractivity contribution in [2.24, 2.45) is 5.92 Å². The van der Waals surface area contributed by atoms with E-state index in [4.69, 9.17) is 0 Å². The lowest BCUT2D eigenvalue weighted by Crippen LogP contribution is -2.15.